The fourth-order valence-corrected chi connectivity index (χ4v) is 4.38. The smallest absolute Gasteiger partial charge is 0.226 e. The van der Waals surface area contributed by atoms with Crippen LogP contribution in [0.3, 0.4) is 0 Å². The number of halogens is 2. The molecule has 6 nitrogen and oxygen atoms in total. The molecule has 0 saturated heterocycles. The maximum absolute atomic E-state index is 13.7. The fourth-order valence-electron chi connectivity index (χ4n) is 4.21. The molecule has 1 N–H and O–H groups in total. The van der Waals surface area contributed by atoms with E-state index in [-0.39, 0.29) is 11.9 Å². The zero-order valence-electron chi connectivity index (χ0n) is 16.0. The van der Waals surface area contributed by atoms with Gasteiger partial charge in [0.15, 0.2) is 0 Å². The van der Waals surface area contributed by atoms with E-state index in [9.17, 15) is 4.39 Å². The Morgan fingerprint density at radius 2 is 1.94 bits per heavy atom. The molecule has 2 aliphatic rings. The van der Waals surface area contributed by atoms with Crippen LogP contribution in [-0.4, -0.2) is 19.7 Å². The van der Waals surface area contributed by atoms with Crippen molar-refractivity contribution in [2.75, 3.05) is 5.32 Å². The van der Waals surface area contributed by atoms with Crippen LogP contribution in [0.2, 0.25) is 5.02 Å². The Morgan fingerprint density at radius 3 is 2.74 bits per heavy atom. The Hall–Kier alpha value is -3.71. The average molecular weight is 432 g/mol. The number of aromatic nitrogens is 4. The second-order valence-electron chi connectivity index (χ2n) is 7.36. The number of benzene rings is 2. The third-order valence-electron chi connectivity index (χ3n) is 5.55. The van der Waals surface area contributed by atoms with Crippen LogP contribution in [0.1, 0.15) is 28.8 Å². The standard InChI is InChI=1S/C23H15ClFN5O/c24-15-5-8-18-17(10-15)20-19(22(31-18)13-3-6-16(25)7-4-13)21(14-2-1-9-26-11-14)30-23(29-20)27-12-28-30/h1-12,21-22H,(H,27,28,29). The highest BCUT2D eigenvalue weighted by atomic mass is 35.5. The lowest BCUT2D eigenvalue weighted by Crippen LogP contribution is -2.32. The lowest BCUT2D eigenvalue weighted by Gasteiger charge is -2.38. The van der Waals surface area contributed by atoms with E-state index < -0.39 is 6.10 Å². The summed E-state index contributed by atoms with van der Waals surface area (Å²) in [5.41, 5.74) is 4.38. The summed E-state index contributed by atoms with van der Waals surface area (Å²) in [5, 5.41) is 8.47. The van der Waals surface area contributed by atoms with Gasteiger partial charge in [0, 0.05) is 28.6 Å². The van der Waals surface area contributed by atoms with Gasteiger partial charge < -0.3 is 10.1 Å². The van der Waals surface area contributed by atoms with Gasteiger partial charge in [-0.15, -0.1) is 0 Å². The topological polar surface area (TPSA) is 64.9 Å². The summed E-state index contributed by atoms with van der Waals surface area (Å²) in [5.74, 6) is 0.992. The zero-order valence-corrected chi connectivity index (χ0v) is 16.8. The van der Waals surface area contributed by atoms with Crippen molar-refractivity contribution >= 4 is 23.2 Å². The first-order valence-corrected chi connectivity index (χ1v) is 10.1. The molecule has 2 atom stereocenters. The van der Waals surface area contributed by atoms with Crippen LogP contribution in [-0.2, 0) is 0 Å². The Bertz CT molecular complexity index is 1320. The van der Waals surface area contributed by atoms with Gasteiger partial charge in [0.2, 0.25) is 5.95 Å². The van der Waals surface area contributed by atoms with Gasteiger partial charge >= 0.3 is 0 Å². The molecule has 0 aliphatic carbocycles. The molecule has 8 heteroatoms. The molecule has 152 valence electrons. The van der Waals surface area contributed by atoms with E-state index in [0.717, 1.165) is 28.0 Å². The van der Waals surface area contributed by atoms with E-state index in [4.69, 9.17) is 16.3 Å². The number of hydrogen-bond acceptors (Lipinski definition) is 5. The molecular weight excluding hydrogens is 417 g/mol. The Labute approximate surface area is 182 Å². The van der Waals surface area contributed by atoms with Crippen LogP contribution >= 0.6 is 11.6 Å². The molecule has 0 bridgehead atoms. The molecule has 0 fully saturated rings. The number of hydrogen-bond donors (Lipinski definition) is 1. The Kier molecular flexibility index (Phi) is 4.04. The molecular formula is C23H15ClFN5O. The second-order valence-corrected chi connectivity index (χ2v) is 7.80. The number of rotatable bonds is 2. The predicted molar refractivity (Wildman–Crippen MR) is 114 cm³/mol. The highest BCUT2D eigenvalue weighted by Gasteiger charge is 2.41. The van der Waals surface area contributed by atoms with Gasteiger partial charge in [-0.1, -0.05) is 29.8 Å². The van der Waals surface area contributed by atoms with E-state index >= 15 is 0 Å². The summed E-state index contributed by atoms with van der Waals surface area (Å²) >= 11 is 6.32. The summed E-state index contributed by atoms with van der Waals surface area (Å²) in [7, 11) is 0. The minimum Gasteiger partial charge on any atom is -0.480 e. The molecule has 4 aromatic rings. The van der Waals surface area contributed by atoms with Crippen LogP contribution in [0.4, 0.5) is 10.3 Å². The maximum Gasteiger partial charge on any atom is 0.226 e. The first-order chi connectivity index (χ1) is 15.2. The fraction of sp³-hybridized carbons (Fsp3) is 0.0870. The van der Waals surface area contributed by atoms with Crippen molar-refractivity contribution in [3.05, 3.63) is 106 Å². The number of ether oxygens (including phenoxy) is 1. The lowest BCUT2D eigenvalue weighted by atomic mass is 9.85. The van der Waals surface area contributed by atoms with Gasteiger partial charge in [0.05, 0.1) is 5.70 Å². The highest BCUT2D eigenvalue weighted by molar-refractivity contribution is 6.30. The van der Waals surface area contributed by atoms with Gasteiger partial charge in [-0.05, 0) is 47.5 Å². The summed E-state index contributed by atoms with van der Waals surface area (Å²) in [6.07, 6.45) is 4.57. The summed E-state index contributed by atoms with van der Waals surface area (Å²) < 4.78 is 21.9. The number of nitrogens with one attached hydrogen (secondary N) is 1. The highest BCUT2D eigenvalue weighted by Crippen LogP contribution is 2.50. The van der Waals surface area contributed by atoms with E-state index in [0.29, 0.717) is 16.7 Å². The molecule has 2 aromatic carbocycles. The first kappa shape index (κ1) is 18.1. The van der Waals surface area contributed by atoms with E-state index in [1.165, 1.54) is 18.5 Å². The van der Waals surface area contributed by atoms with Gasteiger partial charge in [0.1, 0.15) is 30.0 Å². The molecule has 0 radical (unpaired) electrons. The number of fused-ring (bicyclic) bond motifs is 3. The van der Waals surface area contributed by atoms with Gasteiger partial charge in [-0.2, -0.15) is 10.1 Å². The minimum atomic E-state index is -0.473. The van der Waals surface area contributed by atoms with Gasteiger partial charge in [-0.3, -0.25) is 4.98 Å². The summed E-state index contributed by atoms with van der Waals surface area (Å²) in [6.45, 7) is 0. The van der Waals surface area contributed by atoms with Crippen LogP contribution in [0.5, 0.6) is 5.75 Å². The molecule has 6 rings (SSSR count). The monoisotopic (exact) mass is 431 g/mol. The molecule has 4 heterocycles. The van der Waals surface area contributed by atoms with Crippen molar-refractivity contribution in [2.45, 2.75) is 12.1 Å². The average Bonchev–Trinajstić information content (AvgIpc) is 3.27. The van der Waals surface area contributed by atoms with Crippen molar-refractivity contribution < 1.29 is 9.13 Å². The minimum absolute atomic E-state index is 0.301. The molecule has 0 spiro atoms. The van der Waals surface area contributed by atoms with E-state index in [1.54, 1.807) is 30.6 Å². The largest absolute Gasteiger partial charge is 0.480 e. The van der Waals surface area contributed by atoms with Crippen molar-refractivity contribution in [2.24, 2.45) is 0 Å². The number of anilines is 1. The van der Waals surface area contributed by atoms with Crippen LogP contribution in [0.15, 0.2) is 78.9 Å². The SMILES string of the molecule is Fc1ccc(C2Oc3ccc(Cl)cc3C3=C2C(c2cccnc2)n2ncnc2N3)cc1. The summed E-state index contributed by atoms with van der Waals surface area (Å²) in [6, 6.07) is 15.4. The quantitative estimate of drug-likeness (QED) is 0.482. The van der Waals surface area contributed by atoms with Crippen LogP contribution in [0.25, 0.3) is 5.70 Å². The van der Waals surface area contributed by atoms with Crippen molar-refractivity contribution in [1.82, 2.24) is 19.7 Å². The summed E-state index contributed by atoms with van der Waals surface area (Å²) in [4.78, 5) is 8.70. The van der Waals surface area contributed by atoms with Crippen molar-refractivity contribution in [3.63, 3.8) is 0 Å². The first-order valence-electron chi connectivity index (χ1n) is 9.71. The molecule has 2 aliphatic heterocycles. The van der Waals surface area contributed by atoms with E-state index in [2.05, 4.69) is 20.4 Å². The third-order valence-corrected chi connectivity index (χ3v) is 5.78. The van der Waals surface area contributed by atoms with Crippen molar-refractivity contribution in [3.8, 4) is 5.75 Å². The Morgan fingerprint density at radius 1 is 1.06 bits per heavy atom. The normalized spacial score (nSPS) is 19.0. The molecule has 31 heavy (non-hydrogen) atoms. The second kappa shape index (κ2) is 6.92. The van der Waals surface area contributed by atoms with Crippen LogP contribution < -0.4 is 10.1 Å². The molecule has 2 unspecified atom stereocenters. The molecule has 0 saturated carbocycles. The van der Waals surface area contributed by atoms with Crippen LogP contribution in [0, 0.1) is 5.82 Å². The molecule has 0 amide bonds. The lowest BCUT2D eigenvalue weighted by molar-refractivity contribution is 0.223. The maximum atomic E-state index is 13.7. The van der Waals surface area contributed by atoms with Gasteiger partial charge in [-0.25, -0.2) is 9.07 Å². The third kappa shape index (κ3) is 2.89. The number of nitrogens with zero attached hydrogens (tertiary/aromatic N) is 4. The Balaban J connectivity index is 1.64. The van der Waals surface area contributed by atoms with Crippen molar-refractivity contribution in [1.29, 1.82) is 0 Å². The zero-order chi connectivity index (χ0) is 20.9. The number of pyridine rings is 1. The predicted octanol–water partition coefficient (Wildman–Crippen LogP) is 5.03. The van der Waals surface area contributed by atoms with E-state index in [1.807, 2.05) is 28.9 Å². The van der Waals surface area contributed by atoms with Gasteiger partial charge in [0.25, 0.3) is 0 Å². The molecule has 2 aromatic heterocycles.